The van der Waals surface area contributed by atoms with Crippen molar-refractivity contribution in [3.05, 3.63) is 36.2 Å². The van der Waals surface area contributed by atoms with Crippen LogP contribution in [0, 0.1) is 6.92 Å². The number of nitrogens with zero attached hydrogens (tertiary/aromatic N) is 4. The monoisotopic (exact) mass is 372 g/mol. The first-order chi connectivity index (χ1) is 13.0. The van der Waals surface area contributed by atoms with Crippen molar-refractivity contribution < 1.29 is 20.1 Å². The summed E-state index contributed by atoms with van der Waals surface area (Å²) in [6.45, 7) is 1.58. The maximum atomic E-state index is 10.3. The number of hydrogen-bond donors (Lipinski definition) is 5. The van der Waals surface area contributed by atoms with Crippen molar-refractivity contribution in [2.24, 2.45) is 0 Å². The smallest absolute Gasteiger partial charge is 0.224 e. The van der Waals surface area contributed by atoms with E-state index in [0.717, 1.165) is 11.3 Å². The first kappa shape index (κ1) is 17.6. The fourth-order valence-corrected chi connectivity index (χ4v) is 3.09. The second-order valence-corrected chi connectivity index (χ2v) is 6.47. The minimum atomic E-state index is -1.25. The zero-order valence-corrected chi connectivity index (χ0v) is 14.5. The van der Waals surface area contributed by atoms with Crippen LogP contribution in [-0.2, 0) is 4.74 Å². The second-order valence-electron chi connectivity index (χ2n) is 6.47. The number of aliphatic hydroxyl groups is 3. The highest BCUT2D eigenvalue weighted by molar-refractivity contribution is 5.86. The first-order valence-electron chi connectivity index (χ1n) is 8.44. The third-order valence-electron chi connectivity index (χ3n) is 4.54. The van der Waals surface area contributed by atoms with E-state index < -0.39 is 31.1 Å². The zero-order valence-electron chi connectivity index (χ0n) is 14.5. The molecule has 4 atom stereocenters. The van der Waals surface area contributed by atoms with E-state index in [4.69, 9.17) is 10.5 Å². The Balaban J connectivity index is 1.73. The van der Waals surface area contributed by atoms with Crippen LogP contribution in [0.25, 0.3) is 11.2 Å². The molecule has 0 amide bonds. The van der Waals surface area contributed by atoms with Gasteiger partial charge in [0, 0.05) is 5.69 Å². The Kier molecular flexibility index (Phi) is 4.40. The Morgan fingerprint density at radius 3 is 2.59 bits per heavy atom. The first-order valence-corrected chi connectivity index (χ1v) is 8.44. The van der Waals surface area contributed by atoms with Crippen molar-refractivity contribution in [3.8, 4) is 0 Å². The van der Waals surface area contributed by atoms with Crippen LogP contribution in [0.2, 0.25) is 0 Å². The van der Waals surface area contributed by atoms with Crippen molar-refractivity contribution in [1.29, 1.82) is 0 Å². The Morgan fingerprint density at radius 2 is 1.93 bits per heavy atom. The van der Waals surface area contributed by atoms with Crippen LogP contribution in [0.15, 0.2) is 30.6 Å². The van der Waals surface area contributed by atoms with Gasteiger partial charge in [0.25, 0.3) is 0 Å². The second kappa shape index (κ2) is 6.74. The highest BCUT2D eigenvalue weighted by atomic mass is 16.6. The number of nitrogens with two attached hydrogens (primary N) is 1. The van der Waals surface area contributed by atoms with Crippen molar-refractivity contribution in [1.82, 2.24) is 19.5 Å². The van der Waals surface area contributed by atoms with Crippen LogP contribution in [0.4, 0.5) is 17.5 Å². The predicted molar refractivity (Wildman–Crippen MR) is 97.2 cm³/mol. The summed E-state index contributed by atoms with van der Waals surface area (Å²) < 4.78 is 7.02. The molecule has 1 saturated heterocycles. The lowest BCUT2D eigenvalue weighted by Gasteiger charge is -2.16. The molecule has 2 aromatic heterocycles. The van der Waals surface area contributed by atoms with E-state index in [9.17, 15) is 15.3 Å². The van der Waals surface area contributed by atoms with Gasteiger partial charge in [-0.15, -0.1) is 0 Å². The highest BCUT2D eigenvalue weighted by Crippen LogP contribution is 2.33. The Morgan fingerprint density at radius 1 is 1.19 bits per heavy atom. The van der Waals surface area contributed by atoms with Gasteiger partial charge in [0.15, 0.2) is 23.2 Å². The number of imidazole rings is 1. The molecule has 0 aliphatic carbocycles. The molecular weight excluding hydrogens is 352 g/mol. The third kappa shape index (κ3) is 3.08. The Labute approximate surface area is 154 Å². The molecule has 10 heteroatoms. The van der Waals surface area contributed by atoms with Crippen molar-refractivity contribution in [3.63, 3.8) is 0 Å². The summed E-state index contributed by atoms with van der Waals surface area (Å²) in [5, 5.41) is 32.7. The summed E-state index contributed by atoms with van der Waals surface area (Å²) in [5.41, 5.74) is 8.56. The summed E-state index contributed by atoms with van der Waals surface area (Å²) in [4.78, 5) is 12.7. The maximum absolute atomic E-state index is 10.3. The van der Waals surface area contributed by atoms with Gasteiger partial charge < -0.3 is 31.1 Å². The highest BCUT2D eigenvalue weighted by Gasteiger charge is 2.44. The van der Waals surface area contributed by atoms with Gasteiger partial charge in [0.1, 0.15) is 18.3 Å². The van der Waals surface area contributed by atoms with E-state index in [1.165, 1.54) is 10.9 Å². The van der Waals surface area contributed by atoms with Gasteiger partial charge in [0.05, 0.1) is 12.9 Å². The quantitative estimate of drug-likeness (QED) is 0.428. The molecule has 0 saturated carbocycles. The number of hydrogen-bond acceptors (Lipinski definition) is 9. The van der Waals surface area contributed by atoms with Crippen LogP contribution in [-0.4, -0.2) is 59.8 Å². The average molecular weight is 372 g/mol. The molecule has 27 heavy (non-hydrogen) atoms. The Hall–Kier alpha value is -2.79. The van der Waals surface area contributed by atoms with E-state index in [1.54, 1.807) is 0 Å². The molecule has 1 aliphatic heterocycles. The topological polar surface area (TPSA) is 152 Å². The van der Waals surface area contributed by atoms with Crippen molar-refractivity contribution in [2.45, 2.75) is 31.5 Å². The number of aliphatic hydroxyl groups excluding tert-OH is 3. The van der Waals surface area contributed by atoms with Crippen molar-refractivity contribution >= 4 is 28.6 Å². The molecule has 0 unspecified atom stereocenters. The van der Waals surface area contributed by atoms with E-state index in [-0.39, 0.29) is 5.95 Å². The lowest BCUT2D eigenvalue weighted by Crippen LogP contribution is -2.33. The normalized spacial score (nSPS) is 25.2. The maximum Gasteiger partial charge on any atom is 0.224 e. The molecule has 10 nitrogen and oxygen atoms in total. The van der Waals surface area contributed by atoms with Gasteiger partial charge in [-0.1, -0.05) is 17.7 Å². The molecule has 1 fully saturated rings. The number of fused-ring (bicyclic) bond motifs is 1. The number of nitrogen functional groups attached to an aromatic ring is 1. The molecule has 0 spiro atoms. The van der Waals surface area contributed by atoms with Gasteiger partial charge >= 0.3 is 0 Å². The van der Waals surface area contributed by atoms with Gasteiger partial charge in [-0.05, 0) is 19.1 Å². The van der Waals surface area contributed by atoms with Crippen LogP contribution in [0.3, 0.4) is 0 Å². The van der Waals surface area contributed by atoms with E-state index >= 15 is 0 Å². The summed E-state index contributed by atoms with van der Waals surface area (Å²) in [6.07, 6.45) is -2.89. The number of anilines is 3. The fourth-order valence-electron chi connectivity index (χ4n) is 3.09. The summed E-state index contributed by atoms with van der Waals surface area (Å²) >= 11 is 0. The van der Waals surface area contributed by atoms with Gasteiger partial charge in [-0.25, -0.2) is 4.98 Å². The SMILES string of the molecule is Cc1ccc(Nc2nc(N)nc3c2ncn3[C@H]2O[C@@H](CO)[C@@H](O)[C@H]2O)cc1. The number of aromatic nitrogens is 4. The number of rotatable bonds is 4. The lowest BCUT2D eigenvalue weighted by molar-refractivity contribution is -0.0511. The molecule has 1 aromatic carbocycles. The predicted octanol–water partition coefficient (Wildman–Crippen LogP) is 0.0720. The minimum Gasteiger partial charge on any atom is -0.394 e. The standard InChI is InChI=1S/C17H20N6O4/c1-8-2-4-9(5-3-8)20-14-11-15(22-17(18)21-14)23(7-19-11)16-13(26)12(25)10(6-24)27-16/h2-5,7,10,12-13,16,24-26H,6H2,1H3,(H3,18,20,21,22)/t10-,12+,13+,16-/m0/s1. The molecular formula is C17H20N6O4. The summed E-state index contributed by atoms with van der Waals surface area (Å²) in [5.74, 6) is 0.428. The fraction of sp³-hybridized carbons (Fsp3) is 0.353. The molecule has 0 radical (unpaired) electrons. The van der Waals surface area contributed by atoms with Crippen molar-refractivity contribution in [2.75, 3.05) is 17.7 Å². The zero-order chi connectivity index (χ0) is 19.1. The lowest BCUT2D eigenvalue weighted by atomic mass is 10.1. The average Bonchev–Trinajstić information content (AvgIpc) is 3.18. The molecule has 3 heterocycles. The van der Waals surface area contributed by atoms with Crippen LogP contribution >= 0.6 is 0 Å². The Bertz CT molecular complexity index is 960. The summed E-state index contributed by atoms with van der Waals surface area (Å²) in [7, 11) is 0. The largest absolute Gasteiger partial charge is 0.394 e. The molecule has 4 rings (SSSR count). The van der Waals surface area contributed by atoms with Gasteiger partial charge in [-0.2, -0.15) is 9.97 Å². The molecule has 142 valence electrons. The van der Waals surface area contributed by atoms with E-state index in [1.807, 2.05) is 31.2 Å². The minimum absolute atomic E-state index is 0.0191. The van der Waals surface area contributed by atoms with Gasteiger partial charge in [-0.3, -0.25) is 4.57 Å². The molecule has 6 N–H and O–H groups in total. The summed E-state index contributed by atoms with van der Waals surface area (Å²) in [6, 6.07) is 7.73. The van der Waals surface area contributed by atoms with Crippen LogP contribution in [0.1, 0.15) is 11.8 Å². The molecule has 3 aromatic rings. The number of nitrogens with one attached hydrogen (secondary N) is 1. The molecule has 1 aliphatic rings. The van der Waals surface area contributed by atoms with E-state index in [2.05, 4.69) is 20.3 Å². The number of ether oxygens (including phenoxy) is 1. The molecule has 0 bridgehead atoms. The van der Waals surface area contributed by atoms with Crippen LogP contribution in [0.5, 0.6) is 0 Å². The van der Waals surface area contributed by atoms with Gasteiger partial charge in [0.2, 0.25) is 5.95 Å². The van der Waals surface area contributed by atoms with Crippen LogP contribution < -0.4 is 11.1 Å². The number of benzene rings is 1. The number of aryl methyl sites for hydroxylation is 1. The third-order valence-corrected chi connectivity index (χ3v) is 4.54. The van der Waals surface area contributed by atoms with E-state index in [0.29, 0.717) is 17.0 Å².